The highest BCUT2D eigenvalue weighted by atomic mass is 16.5. The van der Waals surface area contributed by atoms with E-state index in [2.05, 4.69) is 18.8 Å². The second-order valence-corrected chi connectivity index (χ2v) is 5.75. The summed E-state index contributed by atoms with van der Waals surface area (Å²) in [6.45, 7) is 6.95. The van der Waals surface area contributed by atoms with Gasteiger partial charge < -0.3 is 29.4 Å². The van der Waals surface area contributed by atoms with Crippen LogP contribution in [0, 0.1) is 0 Å². The van der Waals surface area contributed by atoms with Gasteiger partial charge in [0.2, 0.25) is 6.41 Å². The normalized spacial score (nSPS) is 12.0. The predicted octanol–water partition coefficient (Wildman–Crippen LogP) is 1.85. The number of unbranched alkanes of at least 4 members (excludes halogenated alkanes) is 1. The first-order valence-electron chi connectivity index (χ1n) is 9.24. The molecule has 0 aromatic heterocycles. The Balaban J connectivity index is 0.00000165. The molecule has 1 rings (SSSR count). The minimum Gasteiger partial charge on any atom is -0.491 e. The number of hydrogen-bond acceptors (Lipinski definition) is 7. The molecule has 0 radical (unpaired) electrons. The molecular formula is C20H34N2O6. The maximum absolute atomic E-state index is 10.0. The van der Waals surface area contributed by atoms with Crippen molar-refractivity contribution < 1.29 is 28.8 Å². The van der Waals surface area contributed by atoms with E-state index < -0.39 is 12.3 Å². The third kappa shape index (κ3) is 11.4. The molecule has 160 valence electrons. The second kappa shape index (κ2) is 16.9. The number of amides is 1. The zero-order valence-corrected chi connectivity index (χ0v) is 17.1. The lowest BCUT2D eigenvalue weighted by molar-refractivity contribution is -0.109. The largest absolute Gasteiger partial charge is 0.491 e. The lowest BCUT2D eigenvalue weighted by Crippen LogP contribution is -2.39. The summed E-state index contributed by atoms with van der Waals surface area (Å²) in [5.41, 5.74) is 5.93. The van der Waals surface area contributed by atoms with Gasteiger partial charge in [0.05, 0.1) is 6.61 Å². The van der Waals surface area contributed by atoms with E-state index in [0.717, 1.165) is 12.8 Å². The second-order valence-electron chi connectivity index (χ2n) is 5.75. The molecule has 0 heterocycles. The molecule has 0 aliphatic rings. The van der Waals surface area contributed by atoms with Crippen LogP contribution in [-0.2, 0) is 9.53 Å². The summed E-state index contributed by atoms with van der Waals surface area (Å²) in [5.74, 6) is 1.58. The molecule has 0 bridgehead atoms. The van der Waals surface area contributed by atoms with Gasteiger partial charge in [-0.05, 0) is 18.6 Å². The van der Waals surface area contributed by atoms with Crippen molar-refractivity contribution in [2.75, 3.05) is 34.0 Å². The molecule has 8 nitrogen and oxygen atoms in total. The maximum Gasteiger partial charge on any atom is 0.206 e. The summed E-state index contributed by atoms with van der Waals surface area (Å²) < 4.78 is 21.8. The molecule has 1 aromatic rings. The Labute approximate surface area is 167 Å². The summed E-state index contributed by atoms with van der Waals surface area (Å²) >= 11 is 0. The number of aliphatic hydroxyl groups excluding tert-OH is 1. The van der Waals surface area contributed by atoms with E-state index in [1.54, 1.807) is 38.4 Å². The maximum atomic E-state index is 10.0. The number of rotatable bonds is 14. The van der Waals surface area contributed by atoms with Crippen LogP contribution in [0.2, 0.25) is 0 Å². The van der Waals surface area contributed by atoms with Crippen LogP contribution < -0.4 is 25.3 Å². The topological polar surface area (TPSA) is 112 Å². The van der Waals surface area contributed by atoms with Crippen molar-refractivity contribution in [3.63, 3.8) is 0 Å². The first-order chi connectivity index (χ1) is 13.5. The molecule has 8 heteroatoms. The van der Waals surface area contributed by atoms with E-state index in [4.69, 9.17) is 29.5 Å². The molecule has 0 saturated heterocycles. The highest BCUT2D eigenvalue weighted by molar-refractivity contribution is 5.46. The van der Waals surface area contributed by atoms with Crippen molar-refractivity contribution in [2.24, 2.45) is 5.73 Å². The van der Waals surface area contributed by atoms with Crippen molar-refractivity contribution in [3.05, 3.63) is 30.9 Å². The van der Waals surface area contributed by atoms with Gasteiger partial charge in [-0.2, -0.15) is 0 Å². The Morgan fingerprint density at radius 1 is 1.29 bits per heavy atom. The summed E-state index contributed by atoms with van der Waals surface area (Å²) in [5, 5.41) is 12.3. The molecule has 1 aromatic carbocycles. The number of aliphatic hydroxyl groups is 1. The summed E-state index contributed by atoms with van der Waals surface area (Å²) in [4.78, 5) is 9.06. The van der Waals surface area contributed by atoms with E-state index in [9.17, 15) is 5.11 Å². The van der Waals surface area contributed by atoms with E-state index in [1.165, 1.54) is 0 Å². The Morgan fingerprint density at radius 3 is 2.57 bits per heavy atom. The quantitative estimate of drug-likeness (QED) is 0.190. The number of hydrogen-bond donors (Lipinski definition) is 3. The molecule has 0 saturated carbocycles. The Morgan fingerprint density at radius 2 is 2.00 bits per heavy atom. The van der Waals surface area contributed by atoms with Crippen molar-refractivity contribution in [3.8, 4) is 17.2 Å². The highest BCUT2D eigenvalue weighted by Gasteiger charge is 2.18. The van der Waals surface area contributed by atoms with E-state index in [1.807, 2.05) is 0 Å². The summed E-state index contributed by atoms with van der Waals surface area (Å²) in [7, 11) is 3.18. The van der Waals surface area contributed by atoms with Crippen LogP contribution in [0.3, 0.4) is 0 Å². The third-order valence-electron chi connectivity index (χ3n) is 3.44. The number of benzene rings is 1. The Kier molecular flexibility index (Phi) is 15.5. The van der Waals surface area contributed by atoms with Gasteiger partial charge in [0.15, 0.2) is 17.7 Å². The number of nitrogens with two attached hydrogens (primary N) is 1. The lowest BCUT2D eigenvalue weighted by Gasteiger charge is -2.22. The first kappa shape index (κ1) is 25.7. The van der Waals surface area contributed by atoms with Gasteiger partial charge in [0.1, 0.15) is 25.1 Å². The molecule has 2 unspecified atom stereocenters. The minimum atomic E-state index is -0.817. The van der Waals surface area contributed by atoms with Crippen molar-refractivity contribution in [2.45, 2.75) is 38.5 Å². The fourth-order valence-electron chi connectivity index (χ4n) is 1.98. The Hall–Kier alpha value is -2.29. The fourth-order valence-corrected chi connectivity index (χ4v) is 1.98. The molecular weight excluding hydrogens is 364 g/mol. The van der Waals surface area contributed by atoms with Crippen LogP contribution in [0.25, 0.3) is 0 Å². The average molecular weight is 399 g/mol. The lowest BCUT2D eigenvalue weighted by atomic mass is 10.1. The molecule has 4 N–H and O–H groups in total. The van der Waals surface area contributed by atoms with Crippen LogP contribution >= 0.6 is 0 Å². The zero-order chi connectivity index (χ0) is 21.2. The monoisotopic (exact) mass is 398 g/mol. The summed E-state index contributed by atoms with van der Waals surface area (Å²) in [6, 6.07) is 5.20. The smallest absolute Gasteiger partial charge is 0.206 e. The van der Waals surface area contributed by atoms with Gasteiger partial charge in [0, 0.05) is 20.2 Å². The third-order valence-corrected chi connectivity index (χ3v) is 3.44. The molecule has 0 aliphatic heterocycles. The molecule has 2 atom stereocenters. The van der Waals surface area contributed by atoms with Crippen LogP contribution in [0.1, 0.15) is 26.2 Å². The molecule has 28 heavy (non-hydrogen) atoms. The van der Waals surface area contributed by atoms with Crippen LogP contribution in [0.5, 0.6) is 17.2 Å². The number of ether oxygens (including phenoxy) is 4. The molecule has 0 aliphatic carbocycles. The van der Waals surface area contributed by atoms with Gasteiger partial charge in [0.25, 0.3) is 0 Å². The number of nitrogens with one attached hydrogen (secondary N) is 1. The number of carbonyl (C=O) groups excluding carboxylic acids is 1. The standard InChI is InChI=1S/C18H29NO5.C2H5NO/c1-4-6-7-15(20)18(19)24-16-9-8-14(22-12-11-21-3)13-17(16)23-10-5-2;1-3-2-4/h5,8-9,13,15,18,20H,2,4,6-7,10-12,19H2,1,3H3;2H,1H3,(H,3,4). The molecule has 0 fully saturated rings. The van der Waals surface area contributed by atoms with Crippen LogP contribution in [0.15, 0.2) is 30.9 Å². The van der Waals surface area contributed by atoms with Crippen molar-refractivity contribution in [1.29, 1.82) is 0 Å². The van der Waals surface area contributed by atoms with Crippen LogP contribution in [0.4, 0.5) is 0 Å². The van der Waals surface area contributed by atoms with Gasteiger partial charge in [-0.25, -0.2) is 0 Å². The van der Waals surface area contributed by atoms with Gasteiger partial charge in [-0.1, -0.05) is 32.4 Å². The summed E-state index contributed by atoms with van der Waals surface area (Å²) in [6.07, 6.45) is 3.20. The van der Waals surface area contributed by atoms with E-state index in [-0.39, 0.29) is 0 Å². The minimum absolute atomic E-state index is 0.325. The van der Waals surface area contributed by atoms with E-state index in [0.29, 0.717) is 49.9 Å². The number of carbonyl (C=O) groups is 1. The van der Waals surface area contributed by atoms with Crippen molar-refractivity contribution in [1.82, 2.24) is 5.32 Å². The SMILES string of the molecule is C=CCOc1cc(OCCOC)ccc1OC(N)C(O)CCCC.CNC=O. The molecule has 0 spiro atoms. The van der Waals surface area contributed by atoms with Gasteiger partial charge in [-0.15, -0.1) is 0 Å². The first-order valence-corrected chi connectivity index (χ1v) is 9.24. The van der Waals surface area contributed by atoms with Gasteiger partial charge >= 0.3 is 0 Å². The highest BCUT2D eigenvalue weighted by Crippen LogP contribution is 2.32. The van der Waals surface area contributed by atoms with Gasteiger partial charge in [-0.3, -0.25) is 10.5 Å². The average Bonchev–Trinajstić information content (AvgIpc) is 2.72. The zero-order valence-electron chi connectivity index (χ0n) is 17.1. The Bertz CT molecular complexity index is 541. The molecule has 1 amide bonds. The predicted molar refractivity (Wildman–Crippen MR) is 109 cm³/mol. The van der Waals surface area contributed by atoms with Crippen LogP contribution in [-0.4, -0.2) is 57.8 Å². The van der Waals surface area contributed by atoms with Crippen molar-refractivity contribution >= 4 is 6.41 Å². The van der Waals surface area contributed by atoms with E-state index >= 15 is 0 Å². The number of methoxy groups -OCH3 is 1. The fraction of sp³-hybridized carbons (Fsp3) is 0.550.